The minimum absolute atomic E-state index is 0.151. The first-order valence-electron chi connectivity index (χ1n) is 11.3. The number of rotatable bonds is 12. The van der Waals surface area contributed by atoms with E-state index >= 15 is 0 Å². The predicted octanol–water partition coefficient (Wildman–Crippen LogP) is 2.72. The second-order valence-corrected chi connectivity index (χ2v) is 10.2. The van der Waals surface area contributed by atoms with Gasteiger partial charge in [-0.3, -0.25) is 13.9 Å². The number of hydrogen-bond donors (Lipinski definition) is 1. The molecule has 0 aromatic heterocycles. The van der Waals surface area contributed by atoms with Crippen LogP contribution in [0.3, 0.4) is 0 Å². The lowest BCUT2D eigenvalue weighted by Gasteiger charge is -2.32. The Morgan fingerprint density at radius 3 is 2.37 bits per heavy atom. The number of amides is 2. The number of benzene rings is 2. The SMILES string of the molecule is CCCNC(=O)[C@H](C)N(Cc1cccc(C)c1)C(=O)CN(c1ccc(OC)cc1OC)S(C)(=O)=O. The number of carbonyl (C=O) groups excluding carboxylic acids is 2. The molecule has 0 radical (unpaired) electrons. The summed E-state index contributed by atoms with van der Waals surface area (Å²) in [7, 11) is -0.980. The van der Waals surface area contributed by atoms with Gasteiger partial charge in [0.2, 0.25) is 21.8 Å². The number of sulfonamides is 1. The molecule has 9 nitrogen and oxygen atoms in total. The third kappa shape index (κ3) is 7.61. The smallest absolute Gasteiger partial charge is 0.244 e. The van der Waals surface area contributed by atoms with E-state index in [0.29, 0.717) is 12.3 Å². The lowest BCUT2D eigenvalue weighted by atomic mass is 10.1. The number of hydrogen-bond acceptors (Lipinski definition) is 6. The first-order chi connectivity index (χ1) is 16.5. The molecule has 2 amide bonds. The van der Waals surface area contributed by atoms with E-state index in [-0.39, 0.29) is 23.9 Å². The first-order valence-corrected chi connectivity index (χ1v) is 13.2. The predicted molar refractivity (Wildman–Crippen MR) is 136 cm³/mol. The summed E-state index contributed by atoms with van der Waals surface area (Å²) in [6.07, 6.45) is 1.77. The van der Waals surface area contributed by atoms with Gasteiger partial charge in [-0.1, -0.05) is 36.8 Å². The molecule has 0 saturated heterocycles. The first kappa shape index (κ1) is 28.0. The van der Waals surface area contributed by atoms with Gasteiger partial charge < -0.3 is 19.7 Å². The van der Waals surface area contributed by atoms with Gasteiger partial charge in [0.1, 0.15) is 24.1 Å². The molecule has 0 aliphatic rings. The molecule has 0 unspecified atom stereocenters. The maximum Gasteiger partial charge on any atom is 0.244 e. The molecule has 1 N–H and O–H groups in total. The normalized spacial score (nSPS) is 11.9. The van der Waals surface area contributed by atoms with Crippen LogP contribution >= 0.6 is 0 Å². The molecule has 0 aliphatic heterocycles. The number of ether oxygens (including phenoxy) is 2. The molecule has 10 heteroatoms. The number of carbonyl (C=O) groups is 2. The summed E-state index contributed by atoms with van der Waals surface area (Å²) >= 11 is 0. The van der Waals surface area contributed by atoms with Crippen molar-refractivity contribution < 1.29 is 27.5 Å². The lowest BCUT2D eigenvalue weighted by Crippen LogP contribution is -2.51. The van der Waals surface area contributed by atoms with E-state index in [1.165, 1.54) is 25.2 Å². The van der Waals surface area contributed by atoms with Crippen LogP contribution in [0.25, 0.3) is 0 Å². The highest BCUT2D eigenvalue weighted by Crippen LogP contribution is 2.33. The summed E-state index contributed by atoms with van der Waals surface area (Å²) in [5, 5.41) is 2.81. The van der Waals surface area contributed by atoms with Crippen molar-refractivity contribution in [2.24, 2.45) is 0 Å². The number of nitrogens with zero attached hydrogens (tertiary/aromatic N) is 2. The second-order valence-electron chi connectivity index (χ2n) is 8.29. The third-order valence-electron chi connectivity index (χ3n) is 5.49. The molecule has 192 valence electrons. The number of methoxy groups -OCH3 is 2. The Morgan fingerprint density at radius 1 is 1.09 bits per heavy atom. The van der Waals surface area contributed by atoms with Crippen LogP contribution in [0, 0.1) is 6.92 Å². The van der Waals surface area contributed by atoms with Gasteiger partial charge in [0.25, 0.3) is 0 Å². The molecular weight excluding hydrogens is 470 g/mol. The van der Waals surface area contributed by atoms with Gasteiger partial charge >= 0.3 is 0 Å². The zero-order chi connectivity index (χ0) is 26.2. The molecule has 35 heavy (non-hydrogen) atoms. The summed E-state index contributed by atoms with van der Waals surface area (Å²) < 4.78 is 37.0. The van der Waals surface area contributed by atoms with Gasteiger partial charge in [-0.05, 0) is 38.0 Å². The summed E-state index contributed by atoms with van der Waals surface area (Å²) in [5.41, 5.74) is 2.04. The van der Waals surface area contributed by atoms with Crippen molar-refractivity contribution in [3.63, 3.8) is 0 Å². The van der Waals surface area contributed by atoms with Crippen molar-refractivity contribution in [2.75, 3.05) is 37.9 Å². The van der Waals surface area contributed by atoms with Gasteiger partial charge in [0, 0.05) is 19.2 Å². The standard InChI is InChI=1S/C25H35N3O6S/c1-7-13-26-25(30)19(3)27(16-20-10-8-9-18(2)14-20)24(29)17-28(35(6,31)32)22-12-11-21(33-4)15-23(22)34-5/h8-12,14-15,19H,7,13,16-17H2,1-6H3,(H,26,30)/t19-/m0/s1. The van der Waals surface area contributed by atoms with Crippen LogP contribution < -0.4 is 19.1 Å². The molecule has 0 aliphatic carbocycles. The highest BCUT2D eigenvalue weighted by Gasteiger charge is 2.31. The molecule has 0 heterocycles. The molecule has 2 aromatic carbocycles. The Morgan fingerprint density at radius 2 is 1.80 bits per heavy atom. The maximum atomic E-state index is 13.6. The van der Waals surface area contributed by atoms with Crippen LogP contribution in [0.15, 0.2) is 42.5 Å². The molecule has 1 atom stereocenters. The van der Waals surface area contributed by atoms with Crippen LogP contribution in [0.5, 0.6) is 11.5 Å². The van der Waals surface area contributed by atoms with Gasteiger partial charge in [0.15, 0.2) is 0 Å². The summed E-state index contributed by atoms with van der Waals surface area (Å²) in [6.45, 7) is 5.64. The van der Waals surface area contributed by atoms with Gasteiger partial charge in [0.05, 0.1) is 26.2 Å². The highest BCUT2D eigenvalue weighted by molar-refractivity contribution is 7.92. The molecule has 0 bridgehead atoms. The lowest BCUT2D eigenvalue weighted by molar-refractivity contribution is -0.139. The number of anilines is 1. The van der Waals surface area contributed by atoms with E-state index in [4.69, 9.17) is 9.47 Å². The summed E-state index contributed by atoms with van der Waals surface area (Å²) in [6, 6.07) is 11.5. The topological polar surface area (TPSA) is 105 Å². The minimum Gasteiger partial charge on any atom is -0.497 e. The fourth-order valence-electron chi connectivity index (χ4n) is 3.57. The van der Waals surface area contributed by atoms with Crippen LogP contribution in [-0.4, -0.2) is 64.7 Å². The highest BCUT2D eigenvalue weighted by atomic mass is 32.2. The van der Waals surface area contributed by atoms with E-state index in [0.717, 1.165) is 28.1 Å². The molecule has 0 saturated carbocycles. The molecule has 2 rings (SSSR count). The molecular formula is C25H35N3O6S. The number of aryl methyl sites for hydroxylation is 1. The fourth-order valence-corrected chi connectivity index (χ4v) is 4.42. The minimum atomic E-state index is -3.87. The van der Waals surface area contributed by atoms with Crippen LogP contribution in [0.2, 0.25) is 0 Å². The van der Waals surface area contributed by atoms with Crippen molar-refractivity contribution >= 4 is 27.5 Å². The van der Waals surface area contributed by atoms with Crippen molar-refractivity contribution in [2.45, 2.75) is 39.8 Å². The van der Waals surface area contributed by atoms with Crippen LogP contribution in [-0.2, 0) is 26.2 Å². The van der Waals surface area contributed by atoms with Crippen molar-refractivity contribution in [1.29, 1.82) is 0 Å². The van der Waals surface area contributed by atoms with Crippen LogP contribution in [0.1, 0.15) is 31.4 Å². The van der Waals surface area contributed by atoms with Crippen molar-refractivity contribution in [3.8, 4) is 11.5 Å². The summed E-state index contributed by atoms with van der Waals surface area (Å²) in [4.78, 5) is 27.7. The van der Waals surface area contributed by atoms with E-state index in [9.17, 15) is 18.0 Å². The Kier molecular flexibility index (Phi) is 9.94. The molecule has 0 fully saturated rings. The van der Waals surface area contributed by atoms with Crippen LogP contribution in [0.4, 0.5) is 5.69 Å². The van der Waals surface area contributed by atoms with E-state index < -0.39 is 28.5 Å². The number of nitrogens with one attached hydrogen (secondary N) is 1. The molecule has 2 aromatic rings. The average Bonchev–Trinajstić information content (AvgIpc) is 2.82. The van der Waals surface area contributed by atoms with E-state index in [2.05, 4.69) is 5.32 Å². The van der Waals surface area contributed by atoms with E-state index in [1.807, 2.05) is 38.1 Å². The van der Waals surface area contributed by atoms with E-state index in [1.54, 1.807) is 19.1 Å². The zero-order valence-electron chi connectivity index (χ0n) is 21.2. The van der Waals surface area contributed by atoms with Crippen molar-refractivity contribution in [3.05, 3.63) is 53.6 Å². The zero-order valence-corrected chi connectivity index (χ0v) is 22.0. The van der Waals surface area contributed by atoms with Gasteiger partial charge in [-0.2, -0.15) is 0 Å². The molecule has 0 spiro atoms. The largest absolute Gasteiger partial charge is 0.497 e. The fraction of sp³-hybridized carbons (Fsp3) is 0.440. The summed E-state index contributed by atoms with van der Waals surface area (Å²) in [5.74, 6) is -0.107. The Bertz CT molecular complexity index is 1140. The van der Waals surface area contributed by atoms with Gasteiger partial charge in [-0.25, -0.2) is 8.42 Å². The Labute approximate surface area is 208 Å². The monoisotopic (exact) mass is 505 g/mol. The van der Waals surface area contributed by atoms with Crippen molar-refractivity contribution in [1.82, 2.24) is 10.2 Å². The quantitative estimate of drug-likeness (QED) is 0.476. The Hall–Kier alpha value is -3.27. The Balaban J connectivity index is 2.44. The second kappa shape index (κ2) is 12.4. The van der Waals surface area contributed by atoms with Gasteiger partial charge in [-0.15, -0.1) is 0 Å². The average molecular weight is 506 g/mol. The third-order valence-corrected chi connectivity index (χ3v) is 6.61. The maximum absolute atomic E-state index is 13.6.